The van der Waals surface area contributed by atoms with Gasteiger partial charge in [0.15, 0.2) is 0 Å². The lowest BCUT2D eigenvalue weighted by Gasteiger charge is -2.10. The molecule has 0 unspecified atom stereocenters. The van der Waals surface area contributed by atoms with Gasteiger partial charge in [-0.3, -0.25) is 0 Å². The summed E-state index contributed by atoms with van der Waals surface area (Å²) in [5.41, 5.74) is 3.37. The molecule has 18 heavy (non-hydrogen) atoms. The molecule has 0 heterocycles. The van der Waals surface area contributed by atoms with Gasteiger partial charge in [-0.25, -0.2) is 0 Å². The van der Waals surface area contributed by atoms with E-state index < -0.39 is 0 Å². The van der Waals surface area contributed by atoms with E-state index in [1.165, 1.54) is 0 Å². The summed E-state index contributed by atoms with van der Waals surface area (Å²) >= 11 is 6.14. The van der Waals surface area contributed by atoms with Crippen LogP contribution in [0.1, 0.15) is 19.4 Å². The predicted molar refractivity (Wildman–Crippen MR) is 77.4 cm³/mol. The summed E-state index contributed by atoms with van der Waals surface area (Å²) in [6.45, 7) is 6.05. The average molecular weight is 261 g/mol. The Kier molecular flexibility index (Phi) is 3.93. The minimum atomic E-state index is 0.199. The van der Waals surface area contributed by atoms with E-state index >= 15 is 0 Å². The highest BCUT2D eigenvalue weighted by atomic mass is 35.5. The summed E-state index contributed by atoms with van der Waals surface area (Å²) in [5.74, 6) is 0.895. The van der Waals surface area contributed by atoms with Gasteiger partial charge in [-0.2, -0.15) is 0 Å². The third-order valence-electron chi connectivity index (χ3n) is 2.73. The molecular weight excluding hydrogens is 244 g/mol. The Hall–Kier alpha value is -1.47. The van der Waals surface area contributed by atoms with Gasteiger partial charge in [0.25, 0.3) is 0 Å². The Morgan fingerprint density at radius 2 is 1.56 bits per heavy atom. The number of halogens is 1. The van der Waals surface area contributed by atoms with Crippen molar-refractivity contribution < 1.29 is 4.74 Å². The Morgan fingerprint density at radius 1 is 0.944 bits per heavy atom. The largest absolute Gasteiger partial charge is 0.491 e. The summed E-state index contributed by atoms with van der Waals surface area (Å²) in [6, 6.07) is 14.2. The van der Waals surface area contributed by atoms with Gasteiger partial charge >= 0.3 is 0 Å². The zero-order valence-corrected chi connectivity index (χ0v) is 11.7. The highest BCUT2D eigenvalue weighted by Crippen LogP contribution is 2.27. The van der Waals surface area contributed by atoms with Crippen molar-refractivity contribution in [3.8, 4) is 16.9 Å². The minimum Gasteiger partial charge on any atom is -0.491 e. The maximum Gasteiger partial charge on any atom is 0.119 e. The fraction of sp³-hybridized carbons (Fsp3) is 0.250. The van der Waals surface area contributed by atoms with Crippen LogP contribution in [-0.4, -0.2) is 6.10 Å². The Labute approximate surface area is 113 Å². The summed E-state index contributed by atoms with van der Waals surface area (Å²) in [7, 11) is 0. The Morgan fingerprint density at radius 3 is 2.11 bits per heavy atom. The molecule has 2 aromatic rings. The molecule has 0 aliphatic carbocycles. The van der Waals surface area contributed by atoms with E-state index in [1.54, 1.807) is 0 Å². The number of benzene rings is 2. The van der Waals surface area contributed by atoms with E-state index in [9.17, 15) is 0 Å². The van der Waals surface area contributed by atoms with E-state index in [4.69, 9.17) is 16.3 Å². The maximum atomic E-state index is 6.14. The third-order valence-corrected chi connectivity index (χ3v) is 3.14. The lowest BCUT2D eigenvalue weighted by Crippen LogP contribution is -2.05. The van der Waals surface area contributed by atoms with E-state index in [-0.39, 0.29) is 6.10 Å². The van der Waals surface area contributed by atoms with Crippen molar-refractivity contribution in [2.45, 2.75) is 26.9 Å². The summed E-state index contributed by atoms with van der Waals surface area (Å²) in [5, 5.41) is 0.801. The molecule has 0 atom stereocenters. The molecule has 2 heteroatoms. The van der Waals surface area contributed by atoms with Gasteiger partial charge in [0.1, 0.15) is 5.75 Å². The van der Waals surface area contributed by atoms with Crippen molar-refractivity contribution in [2.24, 2.45) is 0 Å². The van der Waals surface area contributed by atoms with E-state index in [1.807, 2.05) is 45.0 Å². The van der Waals surface area contributed by atoms with Gasteiger partial charge in [0, 0.05) is 5.02 Å². The highest BCUT2D eigenvalue weighted by molar-refractivity contribution is 6.31. The highest BCUT2D eigenvalue weighted by Gasteiger charge is 2.02. The molecule has 0 aromatic heterocycles. The number of aryl methyl sites for hydroxylation is 1. The lowest BCUT2D eigenvalue weighted by atomic mass is 10.0. The Bertz CT molecular complexity index is 529. The monoisotopic (exact) mass is 260 g/mol. The first kappa shape index (κ1) is 13.0. The molecule has 0 fully saturated rings. The zero-order chi connectivity index (χ0) is 13.1. The van der Waals surface area contributed by atoms with Crippen LogP contribution < -0.4 is 4.74 Å². The van der Waals surface area contributed by atoms with Crippen molar-refractivity contribution in [3.05, 3.63) is 53.1 Å². The van der Waals surface area contributed by atoms with Crippen LogP contribution in [-0.2, 0) is 0 Å². The van der Waals surface area contributed by atoms with Crippen LogP contribution in [0.5, 0.6) is 5.75 Å². The van der Waals surface area contributed by atoms with Crippen molar-refractivity contribution in [1.82, 2.24) is 0 Å². The van der Waals surface area contributed by atoms with Crippen molar-refractivity contribution >= 4 is 11.6 Å². The second kappa shape index (κ2) is 5.45. The van der Waals surface area contributed by atoms with Gasteiger partial charge in [-0.05, 0) is 55.7 Å². The average Bonchev–Trinajstić information content (AvgIpc) is 2.33. The maximum absolute atomic E-state index is 6.14. The smallest absolute Gasteiger partial charge is 0.119 e. The van der Waals surface area contributed by atoms with E-state index in [0.29, 0.717) is 0 Å². The molecule has 0 radical (unpaired) electrons. The number of rotatable bonds is 3. The number of hydrogen-bond acceptors (Lipinski definition) is 1. The molecule has 94 valence electrons. The van der Waals surface area contributed by atoms with Crippen molar-refractivity contribution in [3.63, 3.8) is 0 Å². The first-order valence-corrected chi connectivity index (χ1v) is 6.47. The van der Waals surface area contributed by atoms with Crippen LogP contribution in [0.3, 0.4) is 0 Å². The van der Waals surface area contributed by atoms with Gasteiger partial charge in [-0.1, -0.05) is 35.9 Å². The van der Waals surface area contributed by atoms with Crippen LogP contribution in [0, 0.1) is 6.92 Å². The summed E-state index contributed by atoms with van der Waals surface area (Å²) in [6.07, 6.45) is 0.199. The van der Waals surface area contributed by atoms with Crippen molar-refractivity contribution in [1.29, 1.82) is 0 Å². The predicted octanol–water partition coefficient (Wildman–Crippen LogP) is 5.10. The fourth-order valence-corrected chi connectivity index (χ4v) is 1.95. The van der Waals surface area contributed by atoms with Gasteiger partial charge in [-0.15, -0.1) is 0 Å². The fourth-order valence-electron chi connectivity index (χ4n) is 1.77. The zero-order valence-electron chi connectivity index (χ0n) is 10.9. The third kappa shape index (κ3) is 3.05. The second-order valence-electron chi connectivity index (χ2n) is 4.65. The van der Waals surface area contributed by atoms with Gasteiger partial charge < -0.3 is 4.74 Å². The quantitative estimate of drug-likeness (QED) is 0.746. The molecule has 0 aliphatic rings. The molecule has 0 aliphatic heterocycles. The lowest BCUT2D eigenvalue weighted by molar-refractivity contribution is 0.242. The first-order chi connectivity index (χ1) is 8.56. The van der Waals surface area contributed by atoms with E-state index in [0.717, 1.165) is 27.5 Å². The number of hydrogen-bond donors (Lipinski definition) is 0. The van der Waals surface area contributed by atoms with Crippen LogP contribution in [0.4, 0.5) is 0 Å². The molecule has 1 nitrogen and oxygen atoms in total. The summed E-state index contributed by atoms with van der Waals surface area (Å²) < 4.78 is 5.62. The SMILES string of the molecule is Cc1ccc(-c2ccc(OC(C)C)cc2)cc1Cl. The molecule has 0 saturated carbocycles. The molecule has 2 rings (SSSR count). The Balaban J connectivity index is 2.25. The van der Waals surface area contributed by atoms with Gasteiger partial charge in [0.2, 0.25) is 0 Å². The molecular formula is C16H17ClO. The molecule has 2 aromatic carbocycles. The molecule has 0 N–H and O–H groups in total. The van der Waals surface area contributed by atoms with Gasteiger partial charge in [0.05, 0.1) is 6.10 Å². The van der Waals surface area contributed by atoms with E-state index in [2.05, 4.69) is 18.2 Å². The standard InChI is InChI=1S/C16H17ClO/c1-11(2)18-15-8-6-13(7-9-15)14-5-4-12(3)16(17)10-14/h4-11H,1-3H3. The normalized spacial score (nSPS) is 10.7. The molecule has 0 saturated heterocycles. The molecule has 0 bridgehead atoms. The topological polar surface area (TPSA) is 9.23 Å². The minimum absolute atomic E-state index is 0.199. The summed E-state index contributed by atoms with van der Waals surface area (Å²) in [4.78, 5) is 0. The van der Waals surface area contributed by atoms with Crippen LogP contribution >= 0.6 is 11.6 Å². The van der Waals surface area contributed by atoms with Crippen LogP contribution in [0.15, 0.2) is 42.5 Å². The molecule has 0 spiro atoms. The second-order valence-corrected chi connectivity index (χ2v) is 5.06. The van der Waals surface area contributed by atoms with Crippen LogP contribution in [0.25, 0.3) is 11.1 Å². The first-order valence-electron chi connectivity index (χ1n) is 6.09. The number of ether oxygens (including phenoxy) is 1. The van der Waals surface area contributed by atoms with Crippen molar-refractivity contribution in [2.75, 3.05) is 0 Å². The van der Waals surface area contributed by atoms with Crippen LogP contribution in [0.2, 0.25) is 5.02 Å². The molecule has 0 amide bonds.